The number of aryl methyl sites for hydroxylation is 1. The van der Waals surface area contributed by atoms with Crippen molar-refractivity contribution in [1.82, 2.24) is 5.32 Å². The second-order valence-electron chi connectivity index (χ2n) is 4.77. The summed E-state index contributed by atoms with van der Waals surface area (Å²) in [6.45, 7) is 5.32. The van der Waals surface area contributed by atoms with Crippen LogP contribution in [0.15, 0.2) is 24.3 Å². The summed E-state index contributed by atoms with van der Waals surface area (Å²) in [5, 5.41) is 2.51. The Morgan fingerprint density at radius 1 is 1.37 bits per heavy atom. The first-order valence-corrected chi connectivity index (χ1v) is 5.88. The largest absolute Gasteiger partial charge is 0.371 e. The second-order valence-corrected chi connectivity index (χ2v) is 4.77. The summed E-state index contributed by atoms with van der Waals surface area (Å²) >= 11 is 0. The van der Waals surface area contributed by atoms with Crippen LogP contribution in [0.2, 0.25) is 0 Å². The van der Waals surface area contributed by atoms with Gasteiger partial charge in [-0.05, 0) is 26.3 Å². The van der Waals surface area contributed by atoms with Crippen LogP contribution >= 0.6 is 0 Å². The summed E-state index contributed by atoms with van der Waals surface area (Å²) < 4.78 is 4.30. The smallest absolute Gasteiger partial charge is 0.339 e. The average molecular weight is 261 g/mol. The summed E-state index contributed by atoms with van der Waals surface area (Å²) in [5.74, 6) is -0.916. The molecule has 1 aromatic carbocycles. The SMILES string of the molecule is C#COC(=O)CNC(=O)C(C)(C)c1ccc(C)cc1.[HH]. The molecule has 0 atom stereocenters. The third-order valence-electron chi connectivity index (χ3n) is 2.91. The first-order chi connectivity index (χ1) is 8.87. The van der Waals surface area contributed by atoms with Gasteiger partial charge >= 0.3 is 5.97 Å². The quantitative estimate of drug-likeness (QED) is 0.664. The van der Waals surface area contributed by atoms with Gasteiger partial charge in [-0.2, -0.15) is 0 Å². The molecule has 0 aromatic heterocycles. The zero-order valence-electron chi connectivity index (χ0n) is 11.3. The predicted octanol–water partition coefficient (Wildman–Crippen LogP) is 1.77. The number of esters is 1. The molecule has 0 radical (unpaired) electrons. The fraction of sp³-hybridized carbons (Fsp3) is 0.333. The lowest BCUT2D eigenvalue weighted by atomic mass is 9.83. The highest BCUT2D eigenvalue weighted by molar-refractivity contribution is 5.90. The Morgan fingerprint density at radius 3 is 2.47 bits per heavy atom. The van der Waals surface area contributed by atoms with E-state index >= 15 is 0 Å². The molecule has 4 nitrogen and oxygen atoms in total. The van der Waals surface area contributed by atoms with E-state index in [4.69, 9.17) is 6.42 Å². The lowest BCUT2D eigenvalue weighted by Crippen LogP contribution is -2.42. The van der Waals surface area contributed by atoms with Gasteiger partial charge in [-0.25, -0.2) is 4.79 Å². The third-order valence-corrected chi connectivity index (χ3v) is 2.91. The second kappa shape index (κ2) is 6.05. The van der Waals surface area contributed by atoms with E-state index in [2.05, 4.69) is 10.1 Å². The van der Waals surface area contributed by atoms with Gasteiger partial charge in [0.25, 0.3) is 0 Å². The normalized spacial score (nSPS) is 10.4. The summed E-state index contributed by atoms with van der Waals surface area (Å²) in [5.41, 5.74) is 1.27. The van der Waals surface area contributed by atoms with Crippen LogP contribution in [0.25, 0.3) is 0 Å². The summed E-state index contributed by atoms with van der Waals surface area (Å²) in [4.78, 5) is 23.2. The maximum atomic E-state index is 12.1. The first-order valence-electron chi connectivity index (χ1n) is 5.88. The molecule has 0 spiro atoms. The Labute approximate surface area is 114 Å². The number of carbonyl (C=O) groups excluding carboxylic acids is 2. The highest BCUT2D eigenvalue weighted by Crippen LogP contribution is 2.23. The molecule has 0 unspecified atom stereocenters. The van der Waals surface area contributed by atoms with Crippen LogP contribution in [0.4, 0.5) is 0 Å². The van der Waals surface area contributed by atoms with E-state index in [9.17, 15) is 9.59 Å². The van der Waals surface area contributed by atoms with Crippen molar-refractivity contribution >= 4 is 11.9 Å². The van der Waals surface area contributed by atoms with Gasteiger partial charge in [-0.1, -0.05) is 36.3 Å². The van der Waals surface area contributed by atoms with E-state index in [0.717, 1.165) is 11.1 Å². The number of hydrogen-bond donors (Lipinski definition) is 1. The molecule has 1 N–H and O–H groups in total. The van der Waals surface area contributed by atoms with Gasteiger partial charge in [0.1, 0.15) is 12.7 Å². The molecule has 1 rings (SSSR count). The minimum absolute atomic E-state index is 0. The van der Waals surface area contributed by atoms with Crippen LogP contribution in [0.3, 0.4) is 0 Å². The maximum absolute atomic E-state index is 12.1. The molecular formula is C15H19NO3. The summed E-state index contributed by atoms with van der Waals surface area (Å²) in [7, 11) is 0. The Hall–Kier alpha value is -2.28. The number of terminal acetylenes is 1. The Kier molecular flexibility index (Phi) is 4.71. The summed E-state index contributed by atoms with van der Waals surface area (Å²) in [6, 6.07) is 7.68. The fourth-order valence-electron chi connectivity index (χ4n) is 1.58. The maximum Gasteiger partial charge on any atom is 0.339 e. The number of rotatable bonds is 4. The van der Waals surface area contributed by atoms with E-state index in [0.29, 0.717) is 0 Å². The lowest BCUT2D eigenvalue weighted by molar-refractivity contribution is -0.138. The van der Waals surface area contributed by atoms with Gasteiger partial charge < -0.3 is 10.1 Å². The van der Waals surface area contributed by atoms with Crippen molar-refractivity contribution in [2.75, 3.05) is 6.54 Å². The molecule has 0 aliphatic carbocycles. The molecule has 1 amide bonds. The highest BCUT2D eigenvalue weighted by atomic mass is 16.5. The molecule has 4 heteroatoms. The number of ether oxygens (including phenoxy) is 1. The van der Waals surface area contributed by atoms with Crippen molar-refractivity contribution in [3.05, 3.63) is 35.4 Å². The molecule has 19 heavy (non-hydrogen) atoms. The minimum Gasteiger partial charge on any atom is -0.371 e. The van der Waals surface area contributed by atoms with Gasteiger partial charge in [0.2, 0.25) is 5.91 Å². The van der Waals surface area contributed by atoms with Gasteiger partial charge in [0.15, 0.2) is 0 Å². The van der Waals surface area contributed by atoms with Crippen LogP contribution in [0, 0.1) is 19.5 Å². The Morgan fingerprint density at radius 2 is 1.95 bits per heavy atom. The molecule has 0 saturated heterocycles. The number of hydrogen-bond acceptors (Lipinski definition) is 3. The van der Waals surface area contributed by atoms with E-state index in [1.54, 1.807) is 20.0 Å². The number of nitrogens with one attached hydrogen (secondary N) is 1. The van der Waals surface area contributed by atoms with Crippen LogP contribution in [-0.4, -0.2) is 18.4 Å². The van der Waals surface area contributed by atoms with Gasteiger partial charge in [-0.3, -0.25) is 4.79 Å². The van der Waals surface area contributed by atoms with Crippen molar-refractivity contribution in [3.8, 4) is 12.5 Å². The topological polar surface area (TPSA) is 55.4 Å². The molecule has 0 aliphatic rings. The molecule has 0 saturated carbocycles. The monoisotopic (exact) mass is 261 g/mol. The first kappa shape index (κ1) is 14.8. The van der Waals surface area contributed by atoms with E-state index < -0.39 is 11.4 Å². The van der Waals surface area contributed by atoms with Gasteiger partial charge in [-0.15, -0.1) is 0 Å². The van der Waals surface area contributed by atoms with Crippen LogP contribution < -0.4 is 5.32 Å². The van der Waals surface area contributed by atoms with Crippen molar-refractivity contribution in [2.24, 2.45) is 0 Å². The zero-order chi connectivity index (χ0) is 14.5. The average Bonchev–Trinajstić information content (AvgIpc) is 2.36. The Bertz CT molecular complexity index is 515. The number of benzene rings is 1. The van der Waals surface area contributed by atoms with Gasteiger partial charge in [0, 0.05) is 1.43 Å². The molecule has 0 heterocycles. The van der Waals surface area contributed by atoms with Crippen molar-refractivity contribution in [3.63, 3.8) is 0 Å². The summed E-state index contributed by atoms with van der Waals surface area (Å²) in [6.07, 6.45) is 6.59. The molecule has 102 valence electrons. The third kappa shape index (κ3) is 3.85. The minimum atomic E-state index is -0.732. The molecule has 0 aliphatic heterocycles. The number of amides is 1. The van der Waals surface area contributed by atoms with Crippen molar-refractivity contribution < 1.29 is 15.8 Å². The van der Waals surface area contributed by atoms with E-state index in [-0.39, 0.29) is 13.9 Å². The standard InChI is InChI=1S/C15H17NO3.H2/c1-5-19-13(17)10-16-14(18)15(3,4)12-8-6-11(2)7-9-12;/h1,6-9H,10H2,2-4H3,(H,16,18);1H. The predicted molar refractivity (Wildman–Crippen MR) is 74.3 cm³/mol. The lowest BCUT2D eigenvalue weighted by Gasteiger charge is -2.24. The van der Waals surface area contributed by atoms with E-state index in [1.807, 2.05) is 31.2 Å². The Balaban J connectivity index is 0.00000361. The molecule has 1 aromatic rings. The zero-order valence-corrected chi connectivity index (χ0v) is 11.3. The highest BCUT2D eigenvalue weighted by Gasteiger charge is 2.29. The molecule has 0 bridgehead atoms. The van der Waals surface area contributed by atoms with Crippen LogP contribution in [-0.2, 0) is 19.7 Å². The fourth-order valence-corrected chi connectivity index (χ4v) is 1.58. The van der Waals surface area contributed by atoms with E-state index in [1.165, 1.54) is 0 Å². The number of carbonyl (C=O) groups is 2. The van der Waals surface area contributed by atoms with Crippen molar-refractivity contribution in [2.45, 2.75) is 26.2 Å². The molecular weight excluding hydrogens is 242 g/mol. The van der Waals surface area contributed by atoms with Crippen molar-refractivity contribution in [1.29, 1.82) is 0 Å². The molecule has 0 fully saturated rings. The van der Waals surface area contributed by atoms with Crippen LogP contribution in [0.1, 0.15) is 26.4 Å². The van der Waals surface area contributed by atoms with Crippen LogP contribution in [0.5, 0.6) is 0 Å². The van der Waals surface area contributed by atoms with Gasteiger partial charge in [0.05, 0.1) is 5.41 Å².